The van der Waals surface area contributed by atoms with Crippen LogP contribution in [0.25, 0.3) is 11.1 Å². The minimum absolute atomic E-state index is 0.00872. The Balaban J connectivity index is 1.49. The maximum atomic E-state index is 13.4. The summed E-state index contributed by atoms with van der Waals surface area (Å²) in [6.45, 7) is 7.40. The van der Waals surface area contributed by atoms with Crippen LogP contribution in [-0.2, 0) is 11.3 Å². The quantitative estimate of drug-likeness (QED) is 0.371. The minimum Gasteiger partial charge on any atom is -0.497 e. The van der Waals surface area contributed by atoms with E-state index in [1.165, 1.54) is 0 Å². The molecule has 1 aliphatic heterocycles. The number of hydrogen-bond donors (Lipinski definition) is 0. The molecule has 3 aromatic carbocycles. The first-order valence-corrected chi connectivity index (χ1v) is 11.7. The molecular formula is C30H30N2O3. The van der Waals surface area contributed by atoms with E-state index < -0.39 is 5.41 Å². The number of amides is 1. The molecular weight excluding hydrogens is 436 g/mol. The summed E-state index contributed by atoms with van der Waals surface area (Å²) in [4.78, 5) is 15.3. The maximum Gasteiger partial charge on any atom is 0.229 e. The predicted molar refractivity (Wildman–Crippen MR) is 137 cm³/mol. The molecule has 0 aromatic heterocycles. The molecule has 5 nitrogen and oxygen atoms in total. The maximum absolute atomic E-state index is 13.4. The van der Waals surface area contributed by atoms with Gasteiger partial charge in [0.25, 0.3) is 0 Å². The summed E-state index contributed by atoms with van der Waals surface area (Å²) in [5.41, 5.74) is 2.89. The summed E-state index contributed by atoms with van der Waals surface area (Å²) in [5.74, 6) is 1.52. The largest absolute Gasteiger partial charge is 0.497 e. The van der Waals surface area contributed by atoms with E-state index in [0.29, 0.717) is 37.4 Å². The van der Waals surface area contributed by atoms with Gasteiger partial charge in [-0.15, -0.1) is 6.58 Å². The number of nitrogens with zero attached hydrogens (tertiary/aromatic N) is 2. The third-order valence-corrected chi connectivity index (χ3v) is 6.87. The Bertz CT molecular complexity index is 1230. The fraction of sp³-hybridized carbons (Fsp3) is 0.267. The van der Waals surface area contributed by atoms with E-state index in [1.54, 1.807) is 13.2 Å². The van der Waals surface area contributed by atoms with E-state index in [9.17, 15) is 10.1 Å². The molecule has 1 heterocycles. The third kappa shape index (κ3) is 5.07. The minimum atomic E-state index is -0.587. The van der Waals surface area contributed by atoms with Crippen molar-refractivity contribution in [2.45, 2.75) is 19.9 Å². The lowest BCUT2D eigenvalue weighted by molar-refractivity contribution is -0.136. The molecule has 0 spiro atoms. The molecule has 2 atom stereocenters. The Morgan fingerprint density at radius 3 is 2.49 bits per heavy atom. The third-order valence-electron chi connectivity index (χ3n) is 6.87. The summed E-state index contributed by atoms with van der Waals surface area (Å²) in [6.07, 6.45) is 2.39. The highest BCUT2D eigenvalue weighted by Gasteiger charge is 2.49. The van der Waals surface area contributed by atoms with Gasteiger partial charge in [-0.25, -0.2) is 0 Å². The van der Waals surface area contributed by atoms with Crippen LogP contribution in [0.2, 0.25) is 0 Å². The second kappa shape index (κ2) is 10.5. The molecule has 1 fully saturated rings. The van der Waals surface area contributed by atoms with E-state index >= 15 is 0 Å². The highest BCUT2D eigenvalue weighted by molar-refractivity contribution is 5.85. The van der Waals surface area contributed by atoms with Crippen LogP contribution in [-0.4, -0.2) is 31.1 Å². The van der Waals surface area contributed by atoms with Gasteiger partial charge in [-0.05, 0) is 60.4 Å². The normalized spacial score (nSPS) is 19.3. The molecule has 1 amide bonds. The zero-order valence-electron chi connectivity index (χ0n) is 20.2. The van der Waals surface area contributed by atoms with Crippen molar-refractivity contribution in [1.29, 1.82) is 5.26 Å². The first kappa shape index (κ1) is 24.1. The molecule has 0 aliphatic carbocycles. The molecule has 4 rings (SSSR count). The zero-order chi connectivity index (χ0) is 24.8. The Morgan fingerprint density at radius 1 is 1.11 bits per heavy atom. The Kier molecular flexibility index (Phi) is 7.22. The number of ether oxygens (including phenoxy) is 2. The van der Waals surface area contributed by atoms with Crippen molar-refractivity contribution >= 4 is 5.91 Å². The molecule has 0 bridgehead atoms. The van der Waals surface area contributed by atoms with Crippen molar-refractivity contribution in [3.8, 4) is 28.7 Å². The summed E-state index contributed by atoms with van der Waals surface area (Å²) in [7, 11) is 1.64. The highest BCUT2D eigenvalue weighted by Crippen LogP contribution is 2.41. The Hall–Kier alpha value is -4.04. The summed E-state index contributed by atoms with van der Waals surface area (Å²) in [5, 5.41) is 9.70. The Morgan fingerprint density at radius 2 is 1.83 bits per heavy atom. The van der Waals surface area contributed by atoms with Crippen molar-refractivity contribution in [3.63, 3.8) is 0 Å². The molecule has 2 unspecified atom stereocenters. The molecule has 0 radical (unpaired) electrons. The number of likely N-dealkylation sites (tertiary alicyclic amines) is 1. The van der Waals surface area contributed by atoms with Gasteiger partial charge >= 0.3 is 0 Å². The van der Waals surface area contributed by atoms with Gasteiger partial charge in [-0.3, -0.25) is 4.79 Å². The second-order valence-corrected chi connectivity index (χ2v) is 9.14. The number of carbonyl (C=O) groups excluding carboxylic acids is 1. The first-order chi connectivity index (χ1) is 17.0. The molecule has 35 heavy (non-hydrogen) atoms. The summed E-state index contributed by atoms with van der Waals surface area (Å²) in [6, 6.07) is 25.5. The molecule has 0 saturated carbocycles. The van der Waals surface area contributed by atoms with Gasteiger partial charge in [0.15, 0.2) is 0 Å². The summed E-state index contributed by atoms with van der Waals surface area (Å²) < 4.78 is 11.4. The average Bonchev–Trinajstić information content (AvgIpc) is 3.12. The monoisotopic (exact) mass is 466 g/mol. The topological polar surface area (TPSA) is 62.6 Å². The molecule has 1 saturated heterocycles. The number of carbonyl (C=O) groups is 1. The van der Waals surface area contributed by atoms with Crippen LogP contribution in [0.5, 0.6) is 11.5 Å². The lowest BCUT2D eigenvalue weighted by atomic mass is 9.77. The smallest absolute Gasteiger partial charge is 0.229 e. The van der Waals surface area contributed by atoms with Crippen LogP contribution in [0.1, 0.15) is 24.5 Å². The zero-order valence-corrected chi connectivity index (χ0v) is 20.2. The highest BCUT2D eigenvalue weighted by atomic mass is 16.5. The summed E-state index contributed by atoms with van der Waals surface area (Å²) >= 11 is 0. The fourth-order valence-electron chi connectivity index (χ4n) is 4.74. The lowest BCUT2D eigenvalue weighted by Gasteiger charge is -2.27. The number of hydrogen-bond acceptors (Lipinski definition) is 4. The van der Waals surface area contributed by atoms with Crippen molar-refractivity contribution < 1.29 is 14.3 Å². The van der Waals surface area contributed by atoms with Crippen LogP contribution in [0.3, 0.4) is 0 Å². The van der Waals surface area contributed by atoms with Gasteiger partial charge < -0.3 is 14.4 Å². The van der Waals surface area contributed by atoms with Gasteiger partial charge in [0, 0.05) is 19.0 Å². The molecule has 0 N–H and O–H groups in total. The van der Waals surface area contributed by atoms with Crippen LogP contribution >= 0.6 is 0 Å². The fourth-order valence-corrected chi connectivity index (χ4v) is 4.74. The molecule has 178 valence electrons. The van der Waals surface area contributed by atoms with Crippen LogP contribution in [0, 0.1) is 22.7 Å². The van der Waals surface area contributed by atoms with E-state index in [2.05, 4.69) is 12.6 Å². The van der Waals surface area contributed by atoms with E-state index in [1.807, 2.05) is 84.6 Å². The van der Waals surface area contributed by atoms with Gasteiger partial charge in [0.05, 0.1) is 30.8 Å². The van der Waals surface area contributed by atoms with Crippen molar-refractivity contribution in [2.24, 2.45) is 11.3 Å². The van der Waals surface area contributed by atoms with Crippen LogP contribution in [0.4, 0.5) is 0 Å². The van der Waals surface area contributed by atoms with Gasteiger partial charge in [0.1, 0.15) is 11.5 Å². The number of benzene rings is 3. The molecule has 5 heteroatoms. The van der Waals surface area contributed by atoms with E-state index in [4.69, 9.17) is 9.47 Å². The predicted octanol–water partition coefficient (Wildman–Crippen LogP) is 5.85. The number of methoxy groups -OCH3 is 1. The number of rotatable bonds is 9. The van der Waals surface area contributed by atoms with E-state index in [-0.39, 0.29) is 11.8 Å². The lowest BCUT2D eigenvalue weighted by Crippen LogP contribution is -2.35. The number of allylic oxidation sites excluding steroid dienone is 1. The molecule has 3 aromatic rings. The van der Waals surface area contributed by atoms with Crippen LogP contribution in [0.15, 0.2) is 85.5 Å². The Labute approximate surface area is 207 Å². The number of nitriles is 1. The van der Waals surface area contributed by atoms with Crippen molar-refractivity contribution in [3.05, 3.63) is 96.6 Å². The van der Waals surface area contributed by atoms with E-state index in [0.717, 1.165) is 22.4 Å². The van der Waals surface area contributed by atoms with Crippen molar-refractivity contribution in [2.75, 3.05) is 20.3 Å². The van der Waals surface area contributed by atoms with Crippen molar-refractivity contribution in [1.82, 2.24) is 4.90 Å². The molecule has 1 aliphatic rings. The van der Waals surface area contributed by atoms with Gasteiger partial charge in [0.2, 0.25) is 5.91 Å². The first-order valence-electron chi connectivity index (χ1n) is 11.7. The standard InChI is InChI=1S/C30H30N2O3/c1-4-16-30(2)25(20-32(29(30)33)19-22-10-12-26(34-3)13-11-22)21-35-27-14-15-28(24(17-27)18-31)23-8-6-5-7-9-23/h4-15,17,25H,1,16,19-21H2,2-3H3. The SMILES string of the molecule is C=CCC1(C)C(=O)N(Cc2ccc(OC)cc2)CC1COc1ccc(-c2ccccc2)c(C#N)c1. The second-order valence-electron chi connectivity index (χ2n) is 9.14. The van der Waals surface area contributed by atoms with Crippen LogP contribution < -0.4 is 9.47 Å². The van der Waals surface area contributed by atoms with Gasteiger partial charge in [-0.2, -0.15) is 5.26 Å². The average molecular weight is 467 g/mol. The van der Waals surface area contributed by atoms with Gasteiger partial charge in [-0.1, -0.05) is 48.5 Å².